The van der Waals surface area contributed by atoms with Crippen LogP contribution in [0.4, 0.5) is 0 Å². The lowest BCUT2D eigenvalue weighted by Gasteiger charge is -2.38. The number of rotatable bonds is 6. The summed E-state index contributed by atoms with van der Waals surface area (Å²) >= 11 is 0. The first-order chi connectivity index (χ1) is 10.3. The minimum absolute atomic E-state index is 0.805. The van der Waals surface area contributed by atoms with Gasteiger partial charge < -0.3 is 9.47 Å². The Kier molecular flexibility index (Phi) is 5.02. The smallest absolute Gasteiger partial charge is 0.0390 e. The minimum Gasteiger partial charge on any atom is -0.350 e. The van der Waals surface area contributed by atoms with E-state index in [0.717, 1.165) is 12.0 Å². The Morgan fingerprint density at radius 1 is 1.19 bits per heavy atom. The van der Waals surface area contributed by atoms with Gasteiger partial charge in [0.2, 0.25) is 0 Å². The molecule has 0 amide bonds. The predicted molar refractivity (Wildman–Crippen MR) is 88.4 cm³/mol. The third-order valence-corrected chi connectivity index (χ3v) is 5.58. The Morgan fingerprint density at radius 3 is 2.67 bits per heavy atom. The van der Waals surface area contributed by atoms with Gasteiger partial charge >= 0.3 is 0 Å². The van der Waals surface area contributed by atoms with Crippen molar-refractivity contribution in [3.63, 3.8) is 0 Å². The number of hydrogen-bond donors (Lipinski definition) is 0. The van der Waals surface area contributed by atoms with E-state index in [1.54, 1.807) is 0 Å². The molecule has 1 saturated carbocycles. The third kappa shape index (κ3) is 3.51. The van der Waals surface area contributed by atoms with E-state index in [-0.39, 0.29) is 0 Å². The van der Waals surface area contributed by atoms with Gasteiger partial charge in [-0.05, 0) is 56.9 Å². The van der Waals surface area contributed by atoms with Crippen molar-refractivity contribution in [1.29, 1.82) is 0 Å². The lowest BCUT2D eigenvalue weighted by Crippen LogP contribution is -2.42. The first-order valence-electron chi connectivity index (χ1n) is 8.90. The molecule has 2 aliphatic rings. The topological polar surface area (TPSA) is 11.4 Å². The van der Waals surface area contributed by atoms with Gasteiger partial charge in [0.25, 0.3) is 0 Å². The molecule has 3 heteroatoms. The van der Waals surface area contributed by atoms with Gasteiger partial charge in [0.05, 0.1) is 0 Å². The molecule has 2 heterocycles. The molecule has 118 valence electrons. The second kappa shape index (κ2) is 6.97. The third-order valence-electron chi connectivity index (χ3n) is 5.58. The molecule has 0 aromatic carbocycles. The summed E-state index contributed by atoms with van der Waals surface area (Å²) in [7, 11) is 0. The number of fused-ring (bicyclic) bond motifs is 1. The van der Waals surface area contributed by atoms with Crippen molar-refractivity contribution in [1.82, 2.24) is 14.4 Å². The second-order valence-corrected chi connectivity index (χ2v) is 6.85. The Hall–Kier alpha value is -0.800. The van der Waals surface area contributed by atoms with Gasteiger partial charge in [0.1, 0.15) is 0 Å². The number of nitrogens with zero attached hydrogens (tertiary/aromatic N) is 3. The molecule has 1 fully saturated rings. The van der Waals surface area contributed by atoms with E-state index in [2.05, 4.69) is 46.5 Å². The molecule has 0 bridgehead atoms. The van der Waals surface area contributed by atoms with Crippen molar-refractivity contribution in [2.75, 3.05) is 26.2 Å². The molecule has 1 aliphatic carbocycles. The van der Waals surface area contributed by atoms with Crippen molar-refractivity contribution in [3.8, 4) is 0 Å². The van der Waals surface area contributed by atoms with E-state index in [1.165, 1.54) is 70.6 Å². The zero-order valence-electron chi connectivity index (χ0n) is 13.8. The highest BCUT2D eigenvalue weighted by molar-refractivity contribution is 5.09. The summed E-state index contributed by atoms with van der Waals surface area (Å²) < 4.78 is 2.51. The van der Waals surface area contributed by atoms with Crippen molar-refractivity contribution in [3.05, 3.63) is 24.0 Å². The van der Waals surface area contributed by atoms with Crippen LogP contribution in [0.15, 0.2) is 18.3 Å². The lowest BCUT2D eigenvalue weighted by molar-refractivity contribution is 0.0990. The maximum atomic E-state index is 2.77. The molecular weight excluding hydrogens is 258 g/mol. The largest absolute Gasteiger partial charge is 0.350 e. The highest BCUT2D eigenvalue weighted by atomic mass is 15.2. The molecule has 0 spiro atoms. The zero-order valence-corrected chi connectivity index (χ0v) is 13.8. The van der Waals surface area contributed by atoms with Gasteiger partial charge in [-0.1, -0.05) is 20.3 Å². The van der Waals surface area contributed by atoms with Gasteiger partial charge in [0, 0.05) is 37.6 Å². The fourth-order valence-electron chi connectivity index (χ4n) is 3.83. The van der Waals surface area contributed by atoms with Crippen LogP contribution in [0.5, 0.6) is 0 Å². The van der Waals surface area contributed by atoms with Crippen LogP contribution in [-0.4, -0.2) is 46.6 Å². The SMILES string of the molecule is CCN(CC)CC[C@H]1CN(C2CCC2)Cc2cccn2C1. The first kappa shape index (κ1) is 15.1. The fourth-order valence-corrected chi connectivity index (χ4v) is 3.83. The minimum atomic E-state index is 0.805. The number of aromatic nitrogens is 1. The van der Waals surface area contributed by atoms with Crippen LogP contribution in [-0.2, 0) is 13.1 Å². The standard InChI is InChI=1S/C18H31N3/c1-3-19(4-2)12-10-16-13-20-11-6-9-18(20)15-21(14-16)17-7-5-8-17/h6,9,11,16-17H,3-5,7-8,10,12-15H2,1-2H3/t16-/m1/s1. The normalized spacial score (nSPS) is 23.9. The molecule has 1 aromatic rings. The van der Waals surface area contributed by atoms with E-state index in [4.69, 9.17) is 0 Å². The van der Waals surface area contributed by atoms with Gasteiger partial charge in [-0.25, -0.2) is 0 Å². The molecule has 0 unspecified atom stereocenters. The Balaban J connectivity index is 1.65. The molecule has 0 saturated heterocycles. The predicted octanol–water partition coefficient (Wildman–Crippen LogP) is 3.20. The summed E-state index contributed by atoms with van der Waals surface area (Å²) in [5.74, 6) is 0.805. The summed E-state index contributed by atoms with van der Waals surface area (Å²) in [6, 6.07) is 5.40. The van der Waals surface area contributed by atoms with Crippen LogP contribution < -0.4 is 0 Å². The highest BCUT2D eigenvalue weighted by Gasteiger charge is 2.30. The molecule has 1 aromatic heterocycles. The summed E-state index contributed by atoms with van der Waals surface area (Å²) in [5, 5.41) is 0. The van der Waals surface area contributed by atoms with Gasteiger partial charge in [-0.2, -0.15) is 0 Å². The molecule has 1 atom stereocenters. The summed E-state index contributed by atoms with van der Waals surface area (Å²) in [6.07, 6.45) is 7.89. The molecule has 21 heavy (non-hydrogen) atoms. The maximum Gasteiger partial charge on any atom is 0.0390 e. The van der Waals surface area contributed by atoms with Crippen LogP contribution in [0.2, 0.25) is 0 Å². The monoisotopic (exact) mass is 289 g/mol. The van der Waals surface area contributed by atoms with Gasteiger partial charge in [-0.15, -0.1) is 0 Å². The fraction of sp³-hybridized carbons (Fsp3) is 0.778. The zero-order chi connectivity index (χ0) is 14.7. The summed E-state index contributed by atoms with van der Waals surface area (Å²) in [5.41, 5.74) is 1.52. The van der Waals surface area contributed by atoms with E-state index >= 15 is 0 Å². The Labute approximate surface area is 129 Å². The van der Waals surface area contributed by atoms with E-state index in [0.29, 0.717) is 0 Å². The van der Waals surface area contributed by atoms with Crippen LogP contribution in [0.25, 0.3) is 0 Å². The molecule has 3 rings (SSSR count). The molecule has 0 radical (unpaired) electrons. The van der Waals surface area contributed by atoms with Crippen LogP contribution in [0, 0.1) is 5.92 Å². The molecular formula is C18H31N3. The average Bonchev–Trinajstić information content (AvgIpc) is 2.78. The first-order valence-corrected chi connectivity index (χ1v) is 8.90. The van der Waals surface area contributed by atoms with E-state index in [9.17, 15) is 0 Å². The maximum absolute atomic E-state index is 2.77. The molecule has 1 aliphatic heterocycles. The van der Waals surface area contributed by atoms with Crippen LogP contribution >= 0.6 is 0 Å². The van der Waals surface area contributed by atoms with Crippen molar-refractivity contribution in [2.45, 2.75) is 58.7 Å². The Morgan fingerprint density at radius 2 is 2.00 bits per heavy atom. The summed E-state index contributed by atoms with van der Waals surface area (Å²) in [6.45, 7) is 11.9. The van der Waals surface area contributed by atoms with Crippen molar-refractivity contribution < 1.29 is 0 Å². The van der Waals surface area contributed by atoms with Gasteiger partial charge in [-0.3, -0.25) is 4.90 Å². The van der Waals surface area contributed by atoms with Crippen LogP contribution in [0.3, 0.4) is 0 Å². The Bertz CT molecular complexity index is 431. The molecule has 0 N–H and O–H groups in total. The second-order valence-electron chi connectivity index (χ2n) is 6.85. The quantitative estimate of drug-likeness (QED) is 0.797. The number of hydrogen-bond acceptors (Lipinski definition) is 2. The highest BCUT2D eigenvalue weighted by Crippen LogP contribution is 2.30. The van der Waals surface area contributed by atoms with E-state index in [1.807, 2.05) is 0 Å². The van der Waals surface area contributed by atoms with Crippen molar-refractivity contribution >= 4 is 0 Å². The van der Waals surface area contributed by atoms with E-state index < -0.39 is 0 Å². The average molecular weight is 289 g/mol. The van der Waals surface area contributed by atoms with Crippen LogP contribution in [0.1, 0.15) is 45.2 Å². The van der Waals surface area contributed by atoms with Gasteiger partial charge in [0.15, 0.2) is 0 Å². The summed E-state index contributed by atoms with van der Waals surface area (Å²) in [4.78, 5) is 5.34. The van der Waals surface area contributed by atoms with Crippen molar-refractivity contribution in [2.24, 2.45) is 5.92 Å². The lowest BCUT2D eigenvalue weighted by atomic mass is 9.90. The molecule has 3 nitrogen and oxygen atoms in total.